The van der Waals surface area contributed by atoms with Crippen LogP contribution in [0.25, 0.3) is 0 Å². The highest BCUT2D eigenvalue weighted by Gasteiger charge is 2.15. The number of nitrogens with zero attached hydrogens (tertiary/aromatic N) is 1. The maximum absolute atomic E-state index is 4.22. The Labute approximate surface area is 48.4 Å². The van der Waals surface area contributed by atoms with E-state index in [1.165, 1.54) is 5.57 Å². The van der Waals surface area contributed by atoms with E-state index >= 15 is 0 Å². The summed E-state index contributed by atoms with van der Waals surface area (Å²) in [4.78, 5) is 4.22. The maximum Gasteiger partial charge on any atom is 0.0926 e. The molecule has 1 atom stereocenters. The highest BCUT2D eigenvalue weighted by Crippen LogP contribution is 2.22. The van der Waals surface area contributed by atoms with Gasteiger partial charge in [-0.25, -0.2) is 0 Å². The number of dihydropyridines is 1. The lowest BCUT2D eigenvalue weighted by Crippen LogP contribution is -2.14. The van der Waals surface area contributed by atoms with Crippen molar-refractivity contribution < 1.29 is 0 Å². The molecule has 1 heterocycles. The Morgan fingerprint density at radius 1 is 1.62 bits per heavy atom. The van der Waals surface area contributed by atoms with Crippen molar-refractivity contribution in [2.24, 2.45) is 4.99 Å². The summed E-state index contributed by atoms with van der Waals surface area (Å²) in [6, 6.07) is 0.434. The van der Waals surface area contributed by atoms with Crippen LogP contribution in [0.3, 0.4) is 0 Å². The fourth-order valence-electron chi connectivity index (χ4n) is 0.981. The van der Waals surface area contributed by atoms with E-state index in [9.17, 15) is 0 Å². The molecule has 0 aromatic heterocycles. The summed E-state index contributed by atoms with van der Waals surface area (Å²) in [5.41, 5.74) is 1.40. The molecule has 1 aliphatic heterocycles. The van der Waals surface area contributed by atoms with Crippen LogP contribution in [0.5, 0.6) is 0 Å². The summed E-state index contributed by atoms with van der Waals surface area (Å²) in [6.45, 7) is 0. The third-order valence-electron chi connectivity index (χ3n) is 1.54. The van der Waals surface area contributed by atoms with E-state index in [1.54, 1.807) is 0 Å². The van der Waals surface area contributed by atoms with Crippen LogP contribution in [0.15, 0.2) is 28.8 Å². The van der Waals surface area contributed by atoms with Gasteiger partial charge in [0.05, 0.1) is 6.04 Å². The molecular weight excluding hydrogens is 98.1 g/mol. The van der Waals surface area contributed by atoms with Crippen molar-refractivity contribution in [2.75, 3.05) is 0 Å². The highest BCUT2D eigenvalue weighted by atomic mass is 14.8. The van der Waals surface area contributed by atoms with E-state index < -0.39 is 0 Å². The van der Waals surface area contributed by atoms with Gasteiger partial charge < -0.3 is 0 Å². The third kappa shape index (κ3) is 0.386. The Morgan fingerprint density at radius 2 is 2.62 bits per heavy atom. The largest absolute Gasteiger partial charge is 0.285 e. The normalized spacial score (nSPS) is 31.0. The van der Waals surface area contributed by atoms with Gasteiger partial charge in [-0.2, -0.15) is 0 Å². The molecule has 0 fully saturated rings. The summed E-state index contributed by atoms with van der Waals surface area (Å²) in [5.74, 6) is 0. The van der Waals surface area contributed by atoms with E-state index in [2.05, 4.69) is 23.2 Å². The van der Waals surface area contributed by atoms with Crippen LogP contribution in [0, 0.1) is 0 Å². The second-order valence-electron chi connectivity index (χ2n) is 2.08. The van der Waals surface area contributed by atoms with Gasteiger partial charge in [-0.05, 0) is 5.57 Å². The molecule has 1 aliphatic carbocycles. The van der Waals surface area contributed by atoms with Crippen LogP contribution >= 0.6 is 0 Å². The van der Waals surface area contributed by atoms with Crippen molar-refractivity contribution >= 4 is 6.21 Å². The minimum Gasteiger partial charge on any atom is -0.285 e. The quantitative estimate of drug-likeness (QED) is 0.440. The first-order valence-electron chi connectivity index (χ1n) is 2.87. The van der Waals surface area contributed by atoms with Gasteiger partial charge in [-0.3, -0.25) is 4.99 Å². The van der Waals surface area contributed by atoms with Crippen LogP contribution in [-0.2, 0) is 0 Å². The molecule has 8 heavy (non-hydrogen) atoms. The number of aliphatic imine (C=N–C) groups is 1. The lowest BCUT2D eigenvalue weighted by molar-refractivity contribution is 0.906. The minimum atomic E-state index is 0.434. The van der Waals surface area contributed by atoms with Crippen LogP contribution in [0.4, 0.5) is 0 Å². The number of hydrogen-bond acceptors (Lipinski definition) is 1. The molecule has 0 amide bonds. The van der Waals surface area contributed by atoms with Crippen LogP contribution < -0.4 is 0 Å². The summed E-state index contributed by atoms with van der Waals surface area (Å²) in [6.07, 6.45) is 9.45. The molecule has 1 heteroatoms. The molecule has 2 rings (SSSR count). The van der Waals surface area contributed by atoms with Gasteiger partial charge in [0.15, 0.2) is 0 Å². The van der Waals surface area contributed by atoms with Gasteiger partial charge in [-0.1, -0.05) is 18.2 Å². The van der Waals surface area contributed by atoms with Crippen molar-refractivity contribution in [3.05, 3.63) is 23.8 Å². The van der Waals surface area contributed by atoms with Gasteiger partial charge in [0.25, 0.3) is 0 Å². The first-order valence-corrected chi connectivity index (χ1v) is 2.87. The molecule has 0 N–H and O–H groups in total. The predicted molar refractivity (Wildman–Crippen MR) is 34.1 cm³/mol. The summed E-state index contributed by atoms with van der Waals surface area (Å²) in [7, 11) is 0. The molecular formula is C7H7N. The Hall–Kier alpha value is -0.850. The van der Waals surface area contributed by atoms with E-state index in [-0.39, 0.29) is 0 Å². The first-order chi connectivity index (χ1) is 3.97. The average molecular weight is 105 g/mol. The molecule has 40 valence electrons. The van der Waals surface area contributed by atoms with Crippen molar-refractivity contribution in [3.63, 3.8) is 0 Å². The molecule has 0 aromatic carbocycles. The van der Waals surface area contributed by atoms with E-state index in [4.69, 9.17) is 0 Å². The molecule has 0 saturated carbocycles. The van der Waals surface area contributed by atoms with E-state index in [0.717, 1.165) is 6.42 Å². The smallest absolute Gasteiger partial charge is 0.0926 e. The summed E-state index contributed by atoms with van der Waals surface area (Å²) >= 11 is 0. The topological polar surface area (TPSA) is 12.4 Å². The van der Waals surface area contributed by atoms with Crippen molar-refractivity contribution in [2.45, 2.75) is 12.5 Å². The third-order valence-corrected chi connectivity index (χ3v) is 1.54. The van der Waals surface area contributed by atoms with Crippen molar-refractivity contribution in [1.29, 1.82) is 0 Å². The fourth-order valence-corrected chi connectivity index (χ4v) is 0.981. The van der Waals surface area contributed by atoms with Crippen LogP contribution in [0.2, 0.25) is 0 Å². The Morgan fingerprint density at radius 3 is 3.00 bits per heavy atom. The number of rotatable bonds is 0. The number of hydrogen-bond donors (Lipinski definition) is 0. The SMILES string of the molecule is C1=CC2N=CCC=C12. The molecule has 0 spiro atoms. The second-order valence-corrected chi connectivity index (χ2v) is 2.08. The zero-order chi connectivity index (χ0) is 5.40. The van der Waals surface area contributed by atoms with Crippen molar-refractivity contribution in [1.82, 2.24) is 0 Å². The maximum atomic E-state index is 4.22. The van der Waals surface area contributed by atoms with Gasteiger partial charge >= 0.3 is 0 Å². The molecule has 0 saturated heterocycles. The minimum absolute atomic E-state index is 0.434. The Bertz CT molecular complexity index is 187. The zero-order valence-corrected chi connectivity index (χ0v) is 4.54. The number of allylic oxidation sites excluding steroid dienone is 1. The zero-order valence-electron chi connectivity index (χ0n) is 4.54. The number of fused-ring (bicyclic) bond motifs is 1. The monoisotopic (exact) mass is 105 g/mol. The van der Waals surface area contributed by atoms with Crippen molar-refractivity contribution in [3.8, 4) is 0 Å². The molecule has 0 aromatic rings. The van der Waals surface area contributed by atoms with Crippen LogP contribution in [-0.4, -0.2) is 12.3 Å². The van der Waals surface area contributed by atoms with Crippen LogP contribution in [0.1, 0.15) is 6.42 Å². The second kappa shape index (κ2) is 1.31. The summed E-state index contributed by atoms with van der Waals surface area (Å²) in [5, 5.41) is 0. The first kappa shape index (κ1) is 4.07. The van der Waals surface area contributed by atoms with Gasteiger partial charge in [0, 0.05) is 12.6 Å². The standard InChI is InChI=1S/C7H7N/c1-2-6-3-4-7(6)8-5-1/h2-5,7H,1H2. The molecule has 1 unspecified atom stereocenters. The highest BCUT2D eigenvalue weighted by molar-refractivity contribution is 5.65. The molecule has 0 radical (unpaired) electrons. The predicted octanol–water partition coefficient (Wildman–Crippen LogP) is 1.33. The van der Waals surface area contributed by atoms with Gasteiger partial charge in [-0.15, -0.1) is 0 Å². The fraction of sp³-hybridized carbons (Fsp3) is 0.286. The average Bonchev–Trinajstić information content (AvgIpc) is 1.72. The summed E-state index contributed by atoms with van der Waals surface area (Å²) < 4.78 is 0. The lowest BCUT2D eigenvalue weighted by Gasteiger charge is -2.19. The Balaban J connectivity index is 2.36. The molecule has 1 nitrogen and oxygen atoms in total. The van der Waals surface area contributed by atoms with Gasteiger partial charge in [0.2, 0.25) is 0 Å². The molecule has 2 aliphatic rings. The van der Waals surface area contributed by atoms with E-state index in [0.29, 0.717) is 6.04 Å². The van der Waals surface area contributed by atoms with E-state index in [1.807, 2.05) is 6.21 Å². The lowest BCUT2D eigenvalue weighted by atomic mass is 9.94. The molecule has 0 bridgehead atoms. The van der Waals surface area contributed by atoms with Gasteiger partial charge in [0.1, 0.15) is 0 Å². The Kier molecular flexibility index (Phi) is 0.668.